The molecule has 0 aromatic rings. The zero-order chi connectivity index (χ0) is 38.4. The van der Waals surface area contributed by atoms with E-state index in [1.807, 2.05) is 60.5 Å². The van der Waals surface area contributed by atoms with Crippen LogP contribution in [0.1, 0.15) is 102 Å². The van der Waals surface area contributed by atoms with Crippen molar-refractivity contribution in [1.82, 2.24) is 4.90 Å². The molecule has 2 rings (SSSR count). The summed E-state index contributed by atoms with van der Waals surface area (Å²) in [6, 6.07) is 2.36. The first-order chi connectivity index (χ1) is 23.2. The molecule has 11 nitrogen and oxygen atoms in total. The molecule has 12 atom stereocenters. The highest BCUT2D eigenvalue weighted by molar-refractivity contribution is 6.73. The Balaban J connectivity index is 2.91. The number of methoxy groups -OCH3 is 1. The molecule has 2 aliphatic rings. The van der Waals surface area contributed by atoms with E-state index in [9.17, 15) is 19.5 Å². The van der Waals surface area contributed by atoms with Gasteiger partial charge < -0.3 is 38.1 Å². The summed E-state index contributed by atoms with van der Waals surface area (Å²) in [5.41, 5.74) is -2.32. The largest absolute Gasteiger partial charge is 0.459 e. The van der Waals surface area contributed by atoms with E-state index < -0.39 is 79.9 Å². The maximum absolute atomic E-state index is 14.2. The predicted molar refractivity (Wildman–Crippen MR) is 196 cm³/mol. The number of rotatable bonds is 11. The highest BCUT2D eigenvalue weighted by Gasteiger charge is 2.52. The second kappa shape index (κ2) is 18.4. The van der Waals surface area contributed by atoms with Crippen LogP contribution in [0.2, 0.25) is 18.1 Å². The summed E-state index contributed by atoms with van der Waals surface area (Å²) in [5, 5.41) is 11.6. The zero-order valence-corrected chi connectivity index (χ0v) is 34.7. The molecule has 0 saturated carbocycles. The Labute approximate surface area is 303 Å². The molecule has 50 heavy (non-hydrogen) atoms. The summed E-state index contributed by atoms with van der Waals surface area (Å²) >= 11 is 0. The van der Waals surface area contributed by atoms with Crippen molar-refractivity contribution >= 4 is 26.0 Å². The summed E-state index contributed by atoms with van der Waals surface area (Å²) in [5.74, 6) is -2.91. The number of allylic oxidation sites excluding steroid dienone is 1. The number of ether oxygens (including phenoxy) is 5. The van der Waals surface area contributed by atoms with E-state index in [-0.39, 0.29) is 24.3 Å². The number of nitrogens with zero attached hydrogens (tertiary/aromatic N) is 1. The minimum atomic E-state index is -2.35. The molecule has 0 radical (unpaired) electrons. The van der Waals surface area contributed by atoms with Crippen LogP contribution < -0.4 is 0 Å². The van der Waals surface area contributed by atoms with E-state index in [2.05, 4.69) is 20.8 Å². The maximum Gasteiger partial charge on any atom is 0.311 e. The first-order valence-electron chi connectivity index (χ1n) is 18.7. The molecule has 290 valence electrons. The smallest absolute Gasteiger partial charge is 0.311 e. The first kappa shape index (κ1) is 44.5. The van der Waals surface area contributed by atoms with Gasteiger partial charge in [0.15, 0.2) is 26.5 Å². The Hall–Kier alpha value is -1.67. The van der Waals surface area contributed by atoms with Crippen LogP contribution in [0.25, 0.3) is 0 Å². The van der Waals surface area contributed by atoms with Crippen LogP contribution >= 0.6 is 0 Å². The van der Waals surface area contributed by atoms with E-state index in [1.165, 1.54) is 13.0 Å². The number of hydrogen-bond donors (Lipinski definition) is 1. The van der Waals surface area contributed by atoms with Crippen molar-refractivity contribution in [3.8, 4) is 0 Å². The van der Waals surface area contributed by atoms with Gasteiger partial charge in [0.05, 0.1) is 35.9 Å². The number of Topliss-reactive ketones (excluding diaryl/α,β-unsaturated/α-hetero) is 1. The Morgan fingerprint density at radius 1 is 1.04 bits per heavy atom. The van der Waals surface area contributed by atoms with Crippen molar-refractivity contribution in [1.29, 1.82) is 0 Å². The highest BCUT2D eigenvalue weighted by Crippen LogP contribution is 2.41. The van der Waals surface area contributed by atoms with E-state index in [0.29, 0.717) is 18.4 Å². The number of carbonyl (C=O) groups is 3. The average Bonchev–Trinajstić information content (AvgIpc) is 3.05. The minimum Gasteiger partial charge on any atom is -0.459 e. The number of cyclic esters (lactones) is 1. The summed E-state index contributed by atoms with van der Waals surface area (Å²) in [6.45, 7) is 22.4. The monoisotopic (exact) mass is 727 g/mol. The van der Waals surface area contributed by atoms with Gasteiger partial charge in [0.25, 0.3) is 0 Å². The normalized spacial score (nSPS) is 39.3. The van der Waals surface area contributed by atoms with Crippen LogP contribution in [0.5, 0.6) is 0 Å². The van der Waals surface area contributed by atoms with Crippen molar-refractivity contribution in [2.24, 2.45) is 17.8 Å². The Morgan fingerprint density at radius 2 is 1.62 bits per heavy atom. The topological polar surface area (TPSA) is 130 Å². The Bertz CT molecular complexity index is 1160. The molecule has 12 heteroatoms. The number of esters is 2. The molecular formula is C38H69NO10Si. The SMILES string of the molecule is CCC1OC(=O)[C@H](C)C(O[Si](CC)(CC)CC)[C@H](C)[C@@H](O[C@@H]2O[C@H](C)C[C@H](N(C)C)[C@H]2OC(C)=O)[C@](C)(OC)C[C@@H](C)C(=O)/C(C)=C/[C@]1(C)O. The highest BCUT2D eigenvalue weighted by atomic mass is 28.4. The predicted octanol–water partition coefficient (Wildman–Crippen LogP) is 6.06. The minimum absolute atomic E-state index is 0.165. The summed E-state index contributed by atoms with van der Waals surface area (Å²) in [7, 11) is 3.12. The van der Waals surface area contributed by atoms with E-state index in [4.69, 9.17) is 28.1 Å². The number of ketones is 1. The van der Waals surface area contributed by atoms with Crippen LogP contribution in [0.4, 0.5) is 0 Å². The van der Waals surface area contributed by atoms with Gasteiger partial charge in [0, 0.05) is 25.9 Å². The fourth-order valence-corrected chi connectivity index (χ4v) is 11.1. The Morgan fingerprint density at radius 3 is 2.10 bits per heavy atom. The van der Waals surface area contributed by atoms with E-state index in [0.717, 1.165) is 18.1 Å². The fraction of sp³-hybridized carbons (Fsp3) is 0.868. The maximum atomic E-state index is 14.2. The number of aliphatic hydroxyl groups is 1. The van der Waals surface area contributed by atoms with Gasteiger partial charge in [-0.05, 0) is 97.8 Å². The van der Waals surface area contributed by atoms with Crippen LogP contribution in [0, 0.1) is 17.8 Å². The second-order valence-corrected chi connectivity index (χ2v) is 20.3. The molecule has 0 aliphatic carbocycles. The first-order valence-corrected chi connectivity index (χ1v) is 21.2. The molecule has 1 N–H and O–H groups in total. The lowest BCUT2D eigenvalue weighted by molar-refractivity contribution is -0.303. The lowest BCUT2D eigenvalue weighted by Crippen LogP contribution is -2.61. The molecule has 1 saturated heterocycles. The van der Waals surface area contributed by atoms with Crippen LogP contribution in [0.3, 0.4) is 0 Å². The lowest BCUT2D eigenvalue weighted by Gasteiger charge is -2.49. The molecule has 0 amide bonds. The van der Waals surface area contributed by atoms with Crippen LogP contribution in [-0.2, 0) is 42.5 Å². The quantitative estimate of drug-likeness (QED) is 0.197. The third kappa shape index (κ3) is 10.5. The number of likely N-dealkylation sites (N-methyl/N-ethyl adjacent to an activating group) is 1. The summed E-state index contributed by atoms with van der Waals surface area (Å²) in [6.07, 6.45) is -1.59. The summed E-state index contributed by atoms with van der Waals surface area (Å²) < 4.78 is 39.1. The molecular weight excluding hydrogens is 659 g/mol. The molecule has 0 bridgehead atoms. The van der Waals surface area contributed by atoms with Crippen LogP contribution in [0.15, 0.2) is 11.6 Å². The van der Waals surface area contributed by atoms with Gasteiger partial charge in [-0.1, -0.05) is 41.5 Å². The van der Waals surface area contributed by atoms with Crippen molar-refractivity contribution in [2.75, 3.05) is 21.2 Å². The number of hydrogen-bond acceptors (Lipinski definition) is 11. The second-order valence-electron chi connectivity index (χ2n) is 15.6. The van der Waals surface area contributed by atoms with E-state index in [1.54, 1.807) is 21.0 Å². The zero-order valence-electron chi connectivity index (χ0n) is 33.7. The van der Waals surface area contributed by atoms with Gasteiger partial charge in [0.1, 0.15) is 11.7 Å². The van der Waals surface area contributed by atoms with Gasteiger partial charge in [-0.2, -0.15) is 0 Å². The standard InChI is InChI=1S/C38H69NO10Si/c1-16-30-37(11,43)21-23(5)31(41)24(6)22-38(12,44-15)34(48-36-33(46-28(10)40)29(39(13)14)20-25(7)45-36)26(8)32(27(9)35(42)47-30)49-50(17-2,18-3)19-4/h21,24-27,29-30,32-34,36,43H,16-20,22H2,1-15H3/b23-21+/t24-,25-,26+,27-,29+,30?,32?,33-,34-,36+,37+,38-/m1/s1. The van der Waals surface area contributed by atoms with Crippen molar-refractivity contribution in [2.45, 2.75) is 175 Å². The third-order valence-electron chi connectivity index (χ3n) is 11.4. The molecule has 0 aromatic heterocycles. The molecule has 0 spiro atoms. The third-order valence-corrected chi connectivity index (χ3v) is 16.1. The van der Waals surface area contributed by atoms with Gasteiger partial charge in [-0.25, -0.2) is 0 Å². The van der Waals surface area contributed by atoms with E-state index >= 15 is 0 Å². The Kier molecular flexibility index (Phi) is 16.4. The van der Waals surface area contributed by atoms with Crippen LogP contribution in [-0.4, -0.2) is 111 Å². The fourth-order valence-electron chi connectivity index (χ4n) is 8.06. The average molecular weight is 728 g/mol. The molecule has 2 heterocycles. The lowest BCUT2D eigenvalue weighted by atomic mass is 9.76. The van der Waals surface area contributed by atoms with Gasteiger partial charge in [0.2, 0.25) is 0 Å². The van der Waals surface area contributed by atoms with Crippen molar-refractivity contribution in [3.63, 3.8) is 0 Å². The molecule has 0 aromatic carbocycles. The van der Waals surface area contributed by atoms with Gasteiger partial charge in [-0.15, -0.1) is 0 Å². The molecule has 1 fully saturated rings. The van der Waals surface area contributed by atoms with Gasteiger partial charge in [-0.3, -0.25) is 14.4 Å². The van der Waals surface area contributed by atoms with Gasteiger partial charge >= 0.3 is 11.9 Å². The molecule has 2 unspecified atom stereocenters. The van der Waals surface area contributed by atoms with Crippen molar-refractivity contribution < 1.29 is 47.6 Å². The number of carbonyl (C=O) groups excluding carboxylic acids is 3. The molecule has 2 aliphatic heterocycles. The van der Waals surface area contributed by atoms with Crippen molar-refractivity contribution in [3.05, 3.63) is 11.6 Å². The summed E-state index contributed by atoms with van der Waals surface area (Å²) in [4.78, 5) is 42.5.